The zero-order valence-corrected chi connectivity index (χ0v) is 28.1. The van der Waals surface area contributed by atoms with Gasteiger partial charge in [0.25, 0.3) is 0 Å². The van der Waals surface area contributed by atoms with Crippen LogP contribution < -0.4 is 0 Å². The molecule has 1 heterocycles. The monoisotopic (exact) mass is 670 g/mol. The van der Waals surface area contributed by atoms with Gasteiger partial charge in [0.05, 0.1) is 13.7 Å². The van der Waals surface area contributed by atoms with Gasteiger partial charge in [-0.3, -0.25) is 0 Å². The molecule has 2 aliphatic rings. The van der Waals surface area contributed by atoms with E-state index in [0.29, 0.717) is 40.7 Å². The van der Waals surface area contributed by atoms with Gasteiger partial charge >= 0.3 is 0 Å². The third-order valence-electron chi connectivity index (χ3n) is 4.90. The fourth-order valence-electron chi connectivity index (χ4n) is 3.27. The Kier molecular flexibility index (Phi) is 17.3. The molecule has 2 rings (SSSR count). The first-order valence-electron chi connectivity index (χ1n) is 9.30. The predicted octanol–water partition coefficient (Wildman–Crippen LogP) is 6.92. The van der Waals surface area contributed by atoms with E-state index in [1.54, 1.807) is 0 Å². The molecule has 178 valence electrons. The Labute approximate surface area is 252 Å². The Balaban J connectivity index is 2.09. The van der Waals surface area contributed by atoms with Crippen molar-refractivity contribution in [3.8, 4) is 0 Å². The van der Waals surface area contributed by atoms with Crippen LogP contribution in [0.3, 0.4) is 0 Å². The highest BCUT2D eigenvalue weighted by atomic mass is 32.3. The molecule has 0 N–H and O–H groups in total. The van der Waals surface area contributed by atoms with E-state index in [1.807, 2.05) is 23.5 Å². The molecule has 9 unspecified atom stereocenters. The van der Waals surface area contributed by atoms with Gasteiger partial charge in [-0.2, -0.15) is 101 Å². The molecule has 0 nitrogen and oxygen atoms in total. The van der Waals surface area contributed by atoms with E-state index >= 15 is 0 Å². The summed E-state index contributed by atoms with van der Waals surface area (Å²) in [6, 6.07) is 0. The van der Waals surface area contributed by atoms with Crippen LogP contribution in [0.1, 0.15) is 6.42 Å². The van der Waals surface area contributed by atoms with E-state index in [9.17, 15) is 0 Å². The molecule has 2 fully saturated rings. The number of hydrogen-bond acceptors (Lipinski definition) is 14. The van der Waals surface area contributed by atoms with Crippen molar-refractivity contribution in [2.45, 2.75) is 51.7 Å². The number of rotatable bonds is 14. The summed E-state index contributed by atoms with van der Waals surface area (Å²) in [6.45, 7) is 0. The van der Waals surface area contributed by atoms with Crippen molar-refractivity contribution in [3.63, 3.8) is 0 Å². The average Bonchev–Trinajstić information content (AvgIpc) is 3.16. The highest BCUT2D eigenvalue weighted by Gasteiger charge is 2.47. The standard InChI is InChI=1S/C16H30S14/c17-2-9(23)12(11-7(21)1-8(11)22)29-15-16(28-6-27-15)30-14(26-5-20)13(25-4-19)10(24)3-18/h7-24H,1-6H2. The van der Waals surface area contributed by atoms with E-state index in [-0.39, 0.29) is 10.5 Å². The van der Waals surface area contributed by atoms with Crippen molar-refractivity contribution in [3.05, 3.63) is 0 Å². The second-order valence-electron chi connectivity index (χ2n) is 6.80. The van der Waals surface area contributed by atoms with Crippen LogP contribution in [-0.4, -0.2) is 72.0 Å². The highest BCUT2D eigenvalue weighted by molar-refractivity contribution is 8.35. The second-order valence-corrected chi connectivity index (χ2v) is 20.1. The molecular weight excluding hydrogens is 641 g/mol. The molecule has 0 spiro atoms. The van der Waals surface area contributed by atoms with Crippen LogP contribution in [0.2, 0.25) is 0 Å². The molecule has 1 aliphatic carbocycles. The SMILES string of the molecule is SCSC(SC1SCSC1SC(C(S)CS)C1C(S)CC1S)C(SCS)C(S)CS. The van der Waals surface area contributed by atoms with Crippen LogP contribution in [0, 0.1) is 5.92 Å². The minimum atomic E-state index is 0.240. The van der Waals surface area contributed by atoms with Crippen molar-refractivity contribution in [2.24, 2.45) is 5.92 Å². The Bertz CT molecular complexity index is 475. The Hall–Kier alpha value is 4.90. The van der Waals surface area contributed by atoms with E-state index in [1.165, 1.54) is 0 Å². The van der Waals surface area contributed by atoms with Crippen LogP contribution >= 0.6 is 172 Å². The van der Waals surface area contributed by atoms with Gasteiger partial charge in [-0.15, -0.1) is 70.6 Å². The normalized spacial score (nSPS) is 34.2. The van der Waals surface area contributed by atoms with Crippen LogP contribution in [0.4, 0.5) is 0 Å². The van der Waals surface area contributed by atoms with Crippen molar-refractivity contribution >= 4 is 172 Å². The van der Waals surface area contributed by atoms with Gasteiger partial charge in [0.15, 0.2) is 0 Å². The average molecular weight is 671 g/mol. The smallest absolute Gasteiger partial charge is 0.0732 e. The van der Waals surface area contributed by atoms with Crippen molar-refractivity contribution < 1.29 is 0 Å². The van der Waals surface area contributed by atoms with Crippen LogP contribution in [0.25, 0.3) is 0 Å². The lowest BCUT2D eigenvalue weighted by Crippen LogP contribution is -2.49. The minimum Gasteiger partial charge on any atom is -0.178 e. The number of thiol groups is 8. The molecule has 0 bridgehead atoms. The molecule has 1 saturated heterocycles. The summed E-state index contributed by atoms with van der Waals surface area (Å²) >= 11 is 49.6. The van der Waals surface area contributed by atoms with Gasteiger partial charge in [-0.25, -0.2) is 0 Å². The van der Waals surface area contributed by atoms with E-state index < -0.39 is 0 Å². The highest BCUT2D eigenvalue weighted by Crippen LogP contribution is 2.56. The van der Waals surface area contributed by atoms with Gasteiger partial charge in [-0.05, 0) is 12.3 Å². The summed E-state index contributed by atoms with van der Waals surface area (Å²) in [5.74, 6) is 2.04. The largest absolute Gasteiger partial charge is 0.178 e. The van der Waals surface area contributed by atoms with E-state index in [0.717, 1.165) is 33.2 Å². The summed E-state index contributed by atoms with van der Waals surface area (Å²) < 4.78 is 1.48. The maximum Gasteiger partial charge on any atom is 0.0732 e. The molecule has 0 radical (unpaired) electrons. The van der Waals surface area contributed by atoms with Gasteiger partial charge in [0.2, 0.25) is 0 Å². The lowest BCUT2D eigenvalue weighted by atomic mass is 9.80. The fraction of sp³-hybridized carbons (Fsp3) is 1.00. The van der Waals surface area contributed by atoms with E-state index in [4.69, 9.17) is 50.5 Å². The molecule has 30 heavy (non-hydrogen) atoms. The van der Waals surface area contributed by atoms with Crippen molar-refractivity contribution in [1.29, 1.82) is 0 Å². The van der Waals surface area contributed by atoms with Gasteiger partial charge in [-0.1, -0.05) is 0 Å². The first kappa shape index (κ1) is 31.1. The molecule has 14 heteroatoms. The zero-order valence-electron chi connectivity index (χ0n) is 16.0. The quantitative estimate of drug-likeness (QED) is 0.0742. The first-order valence-corrected chi connectivity index (χ1v) is 20.0. The molecule has 9 atom stereocenters. The zero-order chi connectivity index (χ0) is 22.3. The minimum absolute atomic E-state index is 0.240. The Morgan fingerprint density at radius 3 is 1.87 bits per heavy atom. The number of thioether (sulfide) groups is 6. The summed E-state index contributed by atoms with van der Waals surface area (Å²) in [7, 11) is 0. The van der Waals surface area contributed by atoms with Crippen LogP contribution in [-0.2, 0) is 0 Å². The molecule has 0 aromatic rings. The fourth-order valence-corrected chi connectivity index (χ4v) is 19.1. The number of hydrogen-bond donors (Lipinski definition) is 8. The van der Waals surface area contributed by atoms with Crippen LogP contribution in [0.15, 0.2) is 0 Å². The second kappa shape index (κ2) is 16.7. The maximum atomic E-state index is 4.91. The van der Waals surface area contributed by atoms with Gasteiger partial charge in [0, 0.05) is 58.3 Å². The molecule has 0 aromatic carbocycles. The third-order valence-corrected chi connectivity index (χ3v) is 19.7. The lowest BCUT2D eigenvalue weighted by Gasteiger charge is -2.46. The summed E-state index contributed by atoms with van der Waals surface area (Å²) in [6.07, 6.45) is 1.09. The van der Waals surface area contributed by atoms with Crippen LogP contribution in [0.5, 0.6) is 0 Å². The predicted molar refractivity (Wildman–Crippen MR) is 184 cm³/mol. The lowest BCUT2D eigenvalue weighted by molar-refractivity contribution is 0.340. The van der Waals surface area contributed by atoms with E-state index in [2.05, 4.69) is 97.6 Å². The Morgan fingerprint density at radius 1 is 0.800 bits per heavy atom. The maximum absolute atomic E-state index is 4.91. The molecule has 0 amide bonds. The molecular formula is C16H30S14. The first-order chi connectivity index (χ1) is 14.4. The summed E-state index contributed by atoms with van der Waals surface area (Å²) in [4.78, 5) is 0. The van der Waals surface area contributed by atoms with Gasteiger partial charge < -0.3 is 0 Å². The summed E-state index contributed by atoms with van der Waals surface area (Å²) in [5.41, 5.74) is 0. The molecule has 1 saturated carbocycles. The topological polar surface area (TPSA) is 0 Å². The van der Waals surface area contributed by atoms with Crippen molar-refractivity contribution in [1.82, 2.24) is 0 Å². The van der Waals surface area contributed by atoms with Crippen molar-refractivity contribution in [2.75, 3.05) is 26.8 Å². The summed E-state index contributed by atoms with van der Waals surface area (Å²) in [5, 5.41) is 4.91. The molecule has 0 aromatic heterocycles. The van der Waals surface area contributed by atoms with Gasteiger partial charge in [0.1, 0.15) is 0 Å². The third kappa shape index (κ3) is 9.03. The Morgan fingerprint density at radius 2 is 1.37 bits per heavy atom. The molecule has 1 aliphatic heterocycles.